The highest BCUT2D eigenvalue weighted by molar-refractivity contribution is 7.98. The molecule has 32 heavy (non-hydrogen) atoms. The Labute approximate surface area is 197 Å². The first kappa shape index (κ1) is 23.8. The maximum absolute atomic E-state index is 13.3. The number of thioether (sulfide) groups is 1. The minimum absolute atomic E-state index is 0.0632. The molecule has 3 rings (SSSR count). The van der Waals surface area contributed by atoms with Crippen molar-refractivity contribution in [3.63, 3.8) is 0 Å². The van der Waals surface area contributed by atoms with E-state index in [0.717, 1.165) is 20.3 Å². The molecule has 0 aliphatic heterocycles. The Hall–Kier alpha value is -2.81. The number of halogens is 1. The zero-order valence-corrected chi connectivity index (χ0v) is 19.9. The molecule has 0 heterocycles. The lowest BCUT2D eigenvalue weighted by atomic mass is 10.2. The minimum atomic E-state index is -4.04. The van der Waals surface area contributed by atoms with E-state index < -0.39 is 22.5 Å². The maximum Gasteiger partial charge on any atom is 0.264 e. The van der Waals surface area contributed by atoms with Gasteiger partial charge >= 0.3 is 0 Å². The van der Waals surface area contributed by atoms with Crippen LogP contribution in [0.1, 0.15) is 11.1 Å². The van der Waals surface area contributed by atoms with Crippen LogP contribution in [0, 0.1) is 6.92 Å². The predicted octanol–water partition coefficient (Wildman–Crippen LogP) is 4.72. The Balaban J connectivity index is 1.82. The molecule has 9 heteroatoms. The van der Waals surface area contributed by atoms with Crippen LogP contribution in [-0.2, 0) is 14.8 Å². The van der Waals surface area contributed by atoms with E-state index in [-0.39, 0.29) is 15.6 Å². The van der Waals surface area contributed by atoms with E-state index in [1.165, 1.54) is 18.3 Å². The summed E-state index contributed by atoms with van der Waals surface area (Å²) in [5.41, 5.74) is 4.32. The van der Waals surface area contributed by atoms with Crippen LogP contribution in [0.3, 0.4) is 0 Å². The summed E-state index contributed by atoms with van der Waals surface area (Å²) >= 11 is 7.89. The van der Waals surface area contributed by atoms with Gasteiger partial charge in [0.05, 0.1) is 21.8 Å². The van der Waals surface area contributed by atoms with Crippen molar-refractivity contribution in [2.45, 2.75) is 16.7 Å². The Morgan fingerprint density at radius 3 is 2.34 bits per heavy atom. The molecule has 3 aromatic rings. The number of carbonyl (C=O) groups is 1. The van der Waals surface area contributed by atoms with E-state index in [1.54, 1.807) is 48.2 Å². The topological polar surface area (TPSA) is 78.8 Å². The van der Waals surface area contributed by atoms with Gasteiger partial charge in [-0.3, -0.25) is 9.10 Å². The number of benzene rings is 3. The van der Waals surface area contributed by atoms with Gasteiger partial charge in [0.2, 0.25) is 0 Å². The molecule has 166 valence electrons. The van der Waals surface area contributed by atoms with Gasteiger partial charge in [0.15, 0.2) is 0 Å². The van der Waals surface area contributed by atoms with Gasteiger partial charge in [-0.1, -0.05) is 53.6 Å². The molecule has 0 radical (unpaired) electrons. The first-order valence-corrected chi connectivity index (χ1v) is 12.7. The third kappa shape index (κ3) is 5.91. The molecule has 0 aliphatic carbocycles. The summed E-state index contributed by atoms with van der Waals surface area (Å²) in [4.78, 5) is 13.8. The molecule has 0 unspecified atom stereocenters. The normalized spacial score (nSPS) is 11.5. The fraction of sp³-hybridized carbons (Fsp3) is 0.130. The summed E-state index contributed by atoms with van der Waals surface area (Å²) in [6.07, 6.45) is 3.48. The van der Waals surface area contributed by atoms with Crippen molar-refractivity contribution in [3.8, 4) is 0 Å². The van der Waals surface area contributed by atoms with Crippen LogP contribution >= 0.6 is 23.4 Å². The lowest BCUT2D eigenvalue weighted by Crippen LogP contribution is -2.39. The van der Waals surface area contributed by atoms with Crippen LogP contribution < -0.4 is 9.73 Å². The summed E-state index contributed by atoms with van der Waals surface area (Å²) in [5.74, 6) is -0.599. The number of rotatable bonds is 8. The Kier molecular flexibility index (Phi) is 7.95. The lowest BCUT2D eigenvalue weighted by molar-refractivity contribution is -0.119. The number of carbonyl (C=O) groups excluding carboxylic acids is 1. The van der Waals surface area contributed by atoms with Crippen molar-refractivity contribution in [1.82, 2.24) is 5.43 Å². The van der Waals surface area contributed by atoms with Gasteiger partial charge in [-0.2, -0.15) is 5.10 Å². The predicted molar refractivity (Wildman–Crippen MR) is 131 cm³/mol. The molecule has 3 aromatic carbocycles. The fourth-order valence-corrected chi connectivity index (χ4v) is 4.96. The van der Waals surface area contributed by atoms with Crippen LogP contribution in [0.4, 0.5) is 5.69 Å². The number of nitrogens with one attached hydrogen (secondary N) is 1. The van der Waals surface area contributed by atoms with Gasteiger partial charge in [0.25, 0.3) is 15.9 Å². The molecule has 1 amide bonds. The standard InChI is InChI=1S/C23H22ClN3O3S2/c1-17-7-13-20(14-8-17)32(29,30)27(22-6-4-3-5-21(22)24)16-23(28)26-25-15-18-9-11-19(31-2)12-10-18/h3-15H,16H2,1-2H3,(H,26,28)/b25-15-. The van der Waals surface area contributed by atoms with Gasteiger partial charge in [-0.15, -0.1) is 11.8 Å². The zero-order valence-electron chi connectivity index (χ0n) is 17.5. The van der Waals surface area contributed by atoms with Gasteiger partial charge in [-0.25, -0.2) is 13.8 Å². The summed E-state index contributed by atoms with van der Waals surface area (Å²) < 4.78 is 27.7. The lowest BCUT2D eigenvalue weighted by Gasteiger charge is -2.24. The highest BCUT2D eigenvalue weighted by Gasteiger charge is 2.28. The molecule has 0 aromatic heterocycles. The number of nitrogens with zero attached hydrogens (tertiary/aromatic N) is 2. The summed E-state index contributed by atoms with van der Waals surface area (Å²) in [6, 6.07) is 20.5. The Morgan fingerprint density at radius 1 is 1.06 bits per heavy atom. The molecule has 0 aliphatic rings. The number of hydrogen-bond donors (Lipinski definition) is 1. The van der Waals surface area contributed by atoms with Crippen molar-refractivity contribution in [2.75, 3.05) is 17.1 Å². The number of para-hydroxylation sites is 1. The molecular weight excluding hydrogens is 466 g/mol. The molecule has 0 spiro atoms. The molecule has 0 fully saturated rings. The first-order valence-electron chi connectivity index (χ1n) is 9.61. The molecule has 0 bridgehead atoms. The van der Waals surface area contributed by atoms with Gasteiger partial charge in [0.1, 0.15) is 6.54 Å². The van der Waals surface area contributed by atoms with Crippen LogP contribution in [0.15, 0.2) is 87.7 Å². The van der Waals surface area contributed by atoms with Crippen molar-refractivity contribution < 1.29 is 13.2 Å². The van der Waals surface area contributed by atoms with Gasteiger partial charge in [-0.05, 0) is 55.1 Å². The molecule has 0 saturated heterocycles. The van der Waals surface area contributed by atoms with Crippen LogP contribution in [0.5, 0.6) is 0 Å². The third-order valence-electron chi connectivity index (χ3n) is 4.54. The van der Waals surface area contributed by atoms with Gasteiger partial charge in [0, 0.05) is 4.90 Å². The minimum Gasteiger partial charge on any atom is -0.271 e. The number of hydrogen-bond acceptors (Lipinski definition) is 5. The van der Waals surface area contributed by atoms with Crippen LogP contribution in [0.25, 0.3) is 0 Å². The van der Waals surface area contributed by atoms with Gasteiger partial charge < -0.3 is 0 Å². The second-order valence-electron chi connectivity index (χ2n) is 6.84. The Morgan fingerprint density at radius 2 is 1.72 bits per heavy atom. The summed E-state index contributed by atoms with van der Waals surface area (Å²) in [6.45, 7) is 1.38. The van der Waals surface area contributed by atoms with Crippen LogP contribution in [0.2, 0.25) is 5.02 Å². The average Bonchev–Trinajstić information content (AvgIpc) is 2.79. The quantitative estimate of drug-likeness (QED) is 0.283. The monoisotopic (exact) mass is 487 g/mol. The number of aryl methyl sites for hydroxylation is 1. The SMILES string of the molecule is CSc1ccc(/C=N\NC(=O)CN(c2ccccc2Cl)S(=O)(=O)c2ccc(C)cc2)cc1. The van der Waals surface area contributed by atoms with Crippen molar-refractivity contribution in [1.29, 1.82) is 0 Å². The van der Waals surface area contributed by atoms with E-state index in [9.17, 15) is 13.2 Å². The van der Waals surface area contributed by atoms with Crippen molar-refractivity contribution >= 4 is 51.2 Å². The number of hydrazone groups is 1. The fourth-order valence-electron chi connectivity index (χ4n) is 2.83. The number of sulfonamides is 1. The zero-order chi connectivity index (χ0) is 23.1. The first-order chi connectivity index (χ1) is 15.3. The second kappa shape index (κ2) is 10.7. The van der Waals surface area contributed by atoms with E-state index in [2.05, 4.69) is 10.5 Å². The van der Waals surface area contributed by atoms with E-state index in [1.807, 2.05) is 37.4 Å². The third-order valence-corrected chi connectivity index (χ3v) is 7.37. The molecule has 0 saturated carbocycles. The average molecular weight is 488 g/mol. The van der Waals surface area contributed by atoms with Crippen molar-refractivity contribution in [3.05, 3.63) is 88.9 Å². The highest BCUT2D eigenvalue weighted by Crippen LogP contribution is 2.30. The summed E-state index contributed by atoms with van der Waals surface area (Å²) in [5, 5.41) is 4.16. The van der Waals surface area contributed by atoms with E-state index >= 15 is 0 Å². The Bertz CT molecular complexity index is 1210. The molecular formula is C23H22ClN3O3S2. The smallest absolute Gasteiger partial charge is 0.264 e. The van der Waals surface area contributed by atoms with E-state index in [0.29, 0.717) is 0 Å². The van der Waals surface area contributed by atoms with E-state index in [4.69, 9.17) is 11.6 Å². The summed E-state index contributed by atoms with van der Waals surface area (Å²) in [7, 11) is -4.04. The number of anilines is 1. The maximum atomic E-state index is 13.3. The number of amides is 1. The second-order valence-corrected chi connectivity index (χ2v) is 9.99. The molecule has 6 nitrogen and oxygen atoms in total. The molecule has 0 atom stereocenters. The molecule has 1 N–H and O–H groups in total. The highest BCUT2D eigenvalue weighted by atomic mass is 35.5. The van der Waals surface area contributed by atoms with Crippen molar-refractivity contribution in [2.24, 2.45) is 5.10 Å². The largest absolute Gasteiger partial charge is 0.271 e. The van der Waals surface area contributed by atoms with Crippen LogP contribution in [-0.4, -0.2) is 33.3 Å².